The van der Waals surface area contributed by atoms with E-state index in [1.54, 1.807) is 0 Å². The van der Waals surface area contributed by atoms with E-state index in [2.05, 4.69) is 10.3 Å². The number of primary amides is 1. The number of nitrogens with zero attached hydrogens (tertiary/aromatic N) is 2. The first-order chi connectivity index (χ1) is 14.0. The maximum Gasteiger partial charge on any atom is 0.282 e. The molecule has 3 rings (SSSR count). The van der Waals surface area contributed by atoms with Crippen LogP contribution in [0.4, 0.5) is 14.5 Å². The van der Waals surface area contributed by atoms with Crippen LogP contribution in [0.5, 0.6) is 5.88 Å². The zero-order valence-corrected chi connectivity index (χ0v) is 17.3. The van der Waals surface area contributed by atoms with Crippen LogP contribution in [0, 0.1) is 5.92 Å². The SMILES string of the molecule is CC[C@@H](NC(=O)c1nc(OCC2CC2)ccc1N1CC(F)(F)C1)S(=O)(=O)CC(N)=O. The molecule has 0 radical (unpaired) electrons. The van der Waals surface area contributed by atoms with Crippen LogP contribution in [0.15, 0.2) is 12.1 Å². The van der Waals surface area contributed by atoms with Crippen LogP contribution in [0.3, 0.4) is 0 Å². The van der Waals surface area contributed by atoms with Gasteiger partial charge in [-0.25, -0.2) is 22.2 Å². The number of ether oxygens (including phenoxy) is 1. The Hall–Kier alpha value is -2.50. The van der Waals surface area contributed by atoms with E-state index in [0.717, 1.165) is 12.8 Å². The minimum absolute atomic E-state index is 0.0175. The second kappa shape index (κ2) is 8.32. The summed E-state index contributed by atoms with van der Waals surface area (Å²) in [4.78, 5) is 29.3. The van der Waals surface area contributed by atoms with Gasteiger partial charge in [0.05, 0.1) is 25.4 Å². The van der Waals surface area contributed by atoms with Gasteiger partial charge in [0.1, 0.15) is 11.1 Å². The molecule has 1 aliphatic carbocycles. The Morgan fingerprint density at radius 2 is 2.03 bits per heavy atom. The Bertz CT molecular complexity index is 929. The number of sulfone groups is 1. The molecule has 2 aliphatic rings. The standard InChI is InChI=1S/C18H24F2N4O5S/c1-2-15(30(27,28)8-13(21)25)23-17(26)16-12(24-9-18(19,20)10-24)5-6-14(22-16)29-7-11-3-4-11/h5-6,11,15H,2-4,7-10H2,1H3,(H2,21,25)(H,23,26)/t15-/m0/s1. The maximum atomic E-state index is 13.3. The van der Waals surface area contributed by atoms with Gasteiger partial charge in [-0.05, 0) is 31.2 Å². The summed E-state index contributed by atoms with van der Waals surface area (Å²) in [5.41, 5.74) is 4.91. The number of aromatic nitrogens is 1. The number of hydrogen-bond acceptors (Lipinski definition) is 7. The number of anilines is 1. The molecule has 1 saturated carbocycles. The molecule has 0 spiro atoms. The maximum absolute atomic E-state index is 13.3. The lowest BCUT2D eigenvalue weighted by Gasteiger charge is -2.40. The van der Waals surface area contributed by atoms with Crippen molar-refractivity contribution in [3.8, 4) is 5.88 Å². The van der Waals surface area contributed by atoms with E-state index >= 15 is 0 Å². The predicted molar refractivity (Wildman–Crippen MR) is 104 cm³/mol. The number of alkyl halides is 2. The van der Waals surface area contributed by atoms with E-state index in [-0.39, 0.29) is 23.7 Å². The van der Waals surface area contributed by atoms with Crippen LogP contribution in [-0.4, -0.2) is 62.0 Å². The highest BCUT2D eigenvalue weighted by Gasteiger charge is 2.45. The molecule has 12 heteroatoms. The molecule has 9 nitrogen and oxygen atoms in total. The van der Waals surface area contributed by atoms with Crippen LogP contribution in [0.2, 0.25) is 0 Å². The molecule has 2 fully saturated rings. The van der Waals surface area contributed by atoms with Crippen LogP contribution in [-0.2, 0) is 14.6 Å². The summed E-state index contributed by atoms with van der Waals surface area (Å²) in [5.74, 6) is -5.12. The highest BCUT2D eigenvalue weighted by Crippen LogP contribution is 2.35. The number of halogens is 2. The number of amides is 2. The Kier molecular flexibility index (Phi) is 6.16. The molecule has 1 saturated heterocycles. The number of rotatable bonds is 10. The quantitative estimate of drug-likeness (QED) is 0.540. The van der Waals surface area contributed by atoms with Crippen molar-refractivity contribution in [3.63, 3.8) is 0 Å². The lowest BCUT2D eigenvalue weighted by Crippen LogP contribution is -2.57. The molecule has 166 valence electrons. The van der Waals surface area contributed by atoms with E-state index in [9.17, 15) is 26.8 Å². The third-order valence-corrected chi connectivity index (χ3v) is 6.86. The van der Waals surface area contributed by atoms with E-state index in [1.807, 2.05) is 0 Å². The Labute approximate surface area is 172 Å². The van der Waals surface area contributed by atoms with Crippen molar-refractivity contribution in [2.24, 2.45) is 11.7 Å². The molecule has 3 N–H and O–H groups in total. The average Bonchev–Trinajstić information content (AvgIpc) is 3.45. The summed E-state index contributed by atoms with van der Waals surface area (Å²) in [7, 11) is -4.04. The summed E-state index contributed by atoms with van der Waals surface area (Å²) < 4.78 is 56.8. The number of nitrogens with two attached hydrogens (primary N) is 1. The molecule has 0 aromatic carbocycles. The molecule has 0 unspecified atom stereocenters. The second-order valence-electron chi connectivity index (χ2n) is 7.63. The second-order valence-corrected chi connectivity index (χ2v) is 9.81. The molecule has 0 bridgehead atoms. The van der Waals surface area contributed by atoms with Crippen molar-refractivity contribution in [3.05, 3.63) is 17.8 Å². The van der Waals surface area contributed by atoms with Crippen molar-refractivity contribution < 1.29 is 31.5 Å². The van der Waals surface area contributed by atoms with Gasteiger partial charge >= 0.3 is 0 Å². The van der Waals surface area contributed by atoms with E-state index in [0.29, 0.717) is 12.5 Å². The zero-order chi connectivity index (χ0) is 22.1. The van der Waals surface area contributed by atoms with Gasteiger partial charge in [0.15, 0.2) is 15.5 Å². The van der Waals surface area contributed by atoms with Gasteiger partial charge in [0.2, 0.25) is 11.8 Å². The van der Waals surface area contributed by atoms with Gasteiger partial charge in [-0.1, -0.05) is 6.92 Å². The lowest BCUT2D eigenvalue weighted by atomic mass is 10.1. The molecule has 1 aromatic rings. The van der Waals surface area contributed by atoms with Crippen molar-refractivity contribution in [2.75, 3.05) is 30.3 Å². The van der Waals surface area contributed by atoms with Gasteiger partial charge in [-0.3, -0.25) is 9.59 Å². The van der Waals surface area contributed by atoms with Crippen LogP contribution in [0.1, 0.15) is 36.7 Å². The molecular weight excluding hydrogens is 422 g/mol. The average molecular weight is 446 g/mol. The third kappa shape index (κ3) is 5.35. The minimum atomic E-state index is -4.04. The van der Waals surface area contributed by atoms with Gasteiger partial charge in [0.25, 0.3) is 11.8 Å². The number of hydrogen-bond donors (Lipinski definition) is 2. The largest absolute Gasteiger partial charge is 0.477 e. The number of nitrogens with one attached hydrogen (secondary N) is 1. The smallest absolute Gasteiger partial charge is 0.282 e. The van der Waals surface area contributed by atoms with Crippen LogP contribution >= 0.6 is 0 Å². The molecular formula is C18H24F2N4O5S. The van der Waals surface area contributed by atoms with Gasteiger partial charge in [-0.2, -0.15) is 0 Å². The Morgan fingerprint density at radius 1 is 1.37 bits per heavy atom. The molecule has 1 aliphatic heterocycles. The topological polar surface area (TPSA) is 132 Å². The van der Waals surface area contributed by atoms with Crippen molar-refractivity contribution >= 4 is 27.3 Å². The fourth-order valence-electron chi connectivity index (χ4n) is 3.07. The van der Waals surface area contributed by atoms with Gasteiger partial charge < -0.3 is 20.7 Å². The molecule has 1 atom stereocenters. The first-order valence-corrected chi connectivity index (χ1v) is 11.3. The van der Waals surface area contributed by atoms with Gasteiger partial charge in [-0.15, -0.1) is 0 Å². The van der Waals surface area contributed by atoms with Gasteiger partial charge in [0, 0.05) is 6.07 Å². The lowest BCUT2D eigenvalue weighted by molar-refractivity contribution is -0.115. The normalized spacial score (nSPS) is 19.0. The molecule has 30 heavy (non-hydrogen) atoms. The molecule has 1 aromatic heterocycles. The third-order valence-electron chi connectivity index (χ3n) is 4.85. The fourth-order valence-corrected chi connectivity index (χ4v) is 4.46. The monoisotopic (exact) mass is 446 g/mol. The first-order valence-electron chi connectivity index (χ1n) is 9.58. The number of carbonyl (C=O) groups excluding carboxylic acids is 2. The van der Waals surface area contributed by atoms with Crippen molar-refractivity contribution in [1.82, 2.24) is 10.3 Å². The fraction of sp³-hybridized carbons (Fsp3) is 0.611. The van der Waals surface area contributed by atoms with E-state index in [1.165, 1.54) is 24.0 Å². The van der Waals surface area contributed by atoms with Crippen molar-refractivity contribution in [2.45, 2.75) is 37.5 Å². The highest BCUT2D eigenvalue weighted by atomic mass is 32.2. The summed E-state index contributed by atoms with van der Waals surface area (Å²) in [6.07, 6.45) is 2.07. The Morgan fingerprint density at radius 3 is 2.57 bits per heavy atom. The summed E-state index contributed by atoms with van der Waals surface area (Å²) in [6, 6.07) is 2.95. The van der Waals surface area contributed by atoms with Crippen molar-refractivity contribution in [1.29, 1.82) is 0 Å². The number of pyridine rings is 1. The van der Waals surface area contributed by atoms with E-state index in [4.69, 9.17) is 10.5 Å². The zero-order valence-electron chi connectivity index (χ0n) is 16.4. The summed E-state index contributed by atoms with van der Waals surface area (Å²) in [5, 5.41) is 0.956. The van der Waals surface area contributed by atoms with Crippen LogP contribution in [0.25, 0.3) is 0 Å². The highest BCUT2D eigenvalue weighted by molar-refractivity contribution is 7.92. The molecule has 2 amide bonds. The summed E-state index contributed by atoms with van der Waals surface area (Å²) >= 11 is 0. The number of carbonyl (C=O) groups is 2. The predicted octanol–water partition coefficient (Wildman–Crippen LogP) is 0.692. The minimum Gasteiger partial charge on any atom is -0.477 e. The van der Waals surface area contributed by atoms with Crippen LogP contribution < -0.4 is 20.7 Å². The van der Waals surface area contributed by atoms with E-state index < -0.39 is 51.8 Å². The first kappa shape index (κ1) is 22.2. The Balaban J connectivity index is 1.83. The molecule has 2 heterocycles. The summed E-state index contributed by atoms with van der Waals surface area (Å²) in [6.45, 7) is 0.797.